The maximum Gasteiger partial charge on any atom is 0.0619 e. The van der Waals surface area contributed by atoms with Crippen LogP contribution >= 0.6 is 11.3 Å². The summed E-state index contributed by atoms with van der Waals surface area (Å²) in [6.07, 6.45) is 0. The number of nitrogens with zero attached hydrogens (tertiary/aromatic N) is 2. The van der Waals surface area contributed by atoms with Gasteiger partial charge in [-0.05, 0) is 82.6 Å². The Labute approximate surface area is 311 Å². The normalized spacial score (nSPS) is 11.8. The molecule has 0 saturated carbocycles. The molecule has 53 heavy (non-hydrogen) atoms. The average molecular weight is 693 g/mol. The molecule has 2 nitrogen and oxygen atoms in total. The van der Waals surface area contributed by atoms with E-state index < -0.39 is 0 Å². The molecule has 11 aromatic rings. The summed E-state index contributed by atoms with van der Waals surface area (Å²) in [5.41, 5.74) is 9.42. The molecule has 0 bridgehead atoms. The number of thiophene rings is 1. The van der Waals surface area contributed by atoms with Crippen molar-refractivity contribution < 1.29 is 0 Å². The fraction of sp³-hybridized carbons (Fsp3) is 0. The Hall–Kier alpha value is -6.68. The van der Waals surface area contributed by atoms with E-state index in [0.717, 1.165) is 22.7 Å². The van der Waals surface area contributed by atoms with Crippen LogP contribution in [0.5, 0.6) is 0 Å². The zero-order valence-electron chi connectivity index (χ0n) is 28.8. The van der Waals surface area contributed by atoms with E-state index in [2.05, 4.69) is 204 Å². The minimum Gasteiger partial charge on any atom is -0.310 e. The summed E-state index contributed by atoms with van der Waals surface area (Å²) in [4.78, 5) is 2.42. The first-order valence-electron chi connectivity index (χ1n) is 18.1. The van der Waals surface area contributed by atoms with Crippen LogP contribution in [0.2, 0.25) is 0 Å². The molecular formula is C50H32N2S. The topological polar surface area (TPSA) is 8.17 Å². The monoisotopic (exact) mass is 692 g/mol. The fourth-order valence-corrected chi connectivity index (χ4v) is 9.38. The smallest absolute Gasteiger partial charge is 0.0619 e. The van der Waals surface area contributed by atoms with Crippen molar-refractivity contribution in [2.24, 2.45) is 0 Å². The minimum absolute atomic E-state index is 1.12. The number of para-hydroxylation sites is 1. The van der Waals surface area contributed by atoms with Gasteiger partial charge in [0.1, 0.15) is 0 Å². The summed E-state index contributed by atoms with van der Waals surface area (Å²) in [5, 5.41) is 10.1. The molecule has 9 aromatic carbocycles. The minimum atomic E-state index is 1.12. The second kappa shape index (κ2) is 11.9. The molecule has 0 atom stereocenters. The molecule has 3 heteroatoms. The Kier molecular flexibility index (Phi) is 6.76. The molecule has 0 unspecified atom stereocenters. The quantitative estimate of drug-likeness (QED) is 0.174. The van der Waals surface area contributed by atoms with Gasteiger partial charge in [-0.15, -0.1) is 11.3 Å². The Balaban J connectivity index is 1.08. The van der Waals surface area contributed by atoms with E-state index in [9.17, 15) is 0 Å². The largest absolute Gasteiger partial charge is 0.310 e. The molecule has 0 aliphatic rings. The Morgan fingerprint density at radius 3 is 1.87 bits per heavy atom. The Bertz CT molecular complexity index is 3160. The van der Waals surface area contributed by atoms with Crippen molar-refractivity contribution in [2.75, 3.05) is 4.90 Å². The fourth-order valence-electron chi connectivity index (χ4n) is 8.29. The van der Waals surface area contributed by atoms with Crippen LogP contribution in [0.4, 0.5) is 17.1 Å². The number of anilines is 3. The summed E-state index contributed by atoms with van der Waals surface area (Å²) in [6, 6.07) is 71.0. The summed E-state index contributed by atoms with van der Waals surface area (Å²) in [6.45, 7) is 0. The number of rotatable bonds is 5. The van der Waals surface area contributed by atoms with Gasteiger partial charge in [-0.3, -0.25) is 0 Å². The predicted molar refractivity (Wildman–Crippen MR) is 229 cm³/mol. The molecule has 0 saturated heterocycles. The van der Waals surface area contributed by atoms with E-state index >= 15 is 0 Å². The molecule has 0 radical (unpaired) electrons. The number of hydrogen-bond donors (Lipinski definition) is 0. The van der Waals surface area contributed by atoms with Gasteiger partial charge in [-0.1, -0.05) is 133 Å². The maximum absolute atomic E-state index is 2.44. The van der Waals surface area contributed by atoms with Crippen LogP contribution in [0, 0.1) is 0 Å². The lowest BCUT2D eigenvalue weighted by Crippen LogP contribution is -2.10. The molecule has 2 aromatic heterocycles. The first-order valence-corrected chi connectivity index (χ1v) is 18.9. The van der Waals surface area contributed by atoms with Gasteiger partial charge in [0.2, 0.25) is 0 Å². The maximum atomic E-state index is 2.44. The van der Waals surface area contributed by atoms with E-state index in [4.69, 9.17) is 0 Å². The van der Waals surface area contributed by atoms with E-state index in [1.54, 1.807) is 0 Å². The van der Waals surface area contributed by atoms with Crippen molar-refractivity contribution in [1.82, 2.24) is 4.57 Å². The van der Waals surface area contributed by atoms with Crippen LogP contribution in [-0.4, -0.2) is 4.57 Å². The van der Waals surface area contributed by atoms with E-state index in [-0.39, 0.29) is 0 Å². The lowest BCUT2D eigenvalue weighted by atomic mass is 10.0. The number of fused-ring (bicyclic) bond motifs is 9. The number of aromatic nitrogens is 1. The van der Waals surface area contributed by atoms with Gasteiger partial charge < -0.3 is 9.47 Å². The van der Waals surface area contributed by atoms with Crippen molar-refractivity contribution >= 4 is 91.9 Å². The molecule has 0 fully saturated rings. The van der Waals surface area contributed by atoms with Gasteiger partial charge in [-0.2, -0.15) is 0 Å². The lowest BCUT2D eigenvalue weighted by molar-refractivity contribution is 1.19. The van der Waals surface area contributed by atoms with Crippen LogP contribution in [0.25, 0.3) is 80.3 Å². The molecular weight excluding hydrogens is 661 g/mol. The number of hydrogen-bond acceptors (Lipinski definition) is 2. The molecule has 0 aliphatic heterocycles. The number of benzene rings is 9. The predicted octanol–water partition coefficient (Wildman–Crippen LogP) is 14.6. The van der Waals surface area contributed by atoms with E-state index in [1.165, 1.54) is 74.6 Å². The Morgan fingerprint density at radius 2 is 1.02 bits per heavy atom. The van der Waals surface area contributed by atoms with Gasteiger partial charge in [0.05, 0.1) is 16.7 Å². The van der Waals surface area contributed by atoms with Gasteiger partial charge in [0.25, 0.3) is 0 Å². The highest BCUT2D eigenvalue weighted by Crippen LogP contribution is 2.44. The third-order valence-electron chi connectivity index (χ3n) is 10.8. The first-order chi connectivity index (χ1) is 26.3. The summed E-state index contributed by atoms with van der Waals surface area (Å²) < 4.78 is 5.06. The Morgan fingerprint density at radius 1 is 0.377 bits per heavy atom. The van der Waals surface area contributed by atoms with Crippen molar-refractivity contribution in [1.29, 1.82) is 0 Å². The van der Waals surface area contributed by atoms with Crippen LogP contribution in [0.3, 0.4) is 0 Å². The zero-order chi connectivity index (χ0) is 34.9. The van der Waals surface area contributed by atoms with Gasteiger partial charge in [0, 0.05) is 58.8 Å². The van der Waals surface area contributed by atoms with Crippen LogP contribution in [0.15, 0.2) is 194 Å². The van der Waals surface area contributed by atoms with Crippen molar-refractivity contribution in [2.45, 2.75) is 0 Å². The molecule has 248 valence electrons. The van der Waals surface area contributed by atoms with Gasteiger partial charge in [-0.25, -0.2) is 0 Å². The molecule has 0 spiro atoms. The first kappa shape index (κ1) is 30.0. The third-order valence-corrected chi connectivity index (χ3v) is 11.9. The van der Waals surface area contributed by atoms with Gasteiger partial charge >= 0.3 is 0 Å². The molecule has 0 N–H and O–H groups in total. The molecule has 2 heterocycles. The molecule has 11 rings (SSSR count). The van der Waals surface area contributed by atoms with Crippen LogP contribution < -0.4 is 4.90 Å². The highest BCUT2D eigenvalue weighted by atomic mass is 32.1. The molecule has 0 aliphatic carbocycles. The zero-order valence-corrected chi connectivity index (χ0v) is 29.6. The van der Waals surface area contributed by atoms with Gasteiger partial charge in [0.15, 0.2) is 0 Å². The third kappa shape index (κ3) is 4.78. The lowest BCUT2D eigenvalue weighted by Gasteiger charge is -2.27. The SMILES string of the molecule is c1ccc(-n2c3cc(-c4ccc(N(c5ccc6sc7ccccc7c6c5)c5cccc6ccccc56)cc4)ccc3c3ccc4ccccc4c32)cc1. The summed E-state index contributed by atoms with van der Waals surface area (Å²) >= 11 is 1.86. The summed E-state index contributed by atoms with van der Waals surface area (Å²) in [5.74, 6) is 0. The van der Waals surface area contributed by atoms with Crippen molar-refractivity contribution in [3.05, 3.63) is 194 Å². The van der Waals surface area contributed by atoms with E-state index in [0.29, 0.717) is 0 Å². The highest BCUT2D eigenvalue weighted by molar-refractivity contribution is 7.25. The molecule has 0 amide bonds. The second-order valence-corrected chi connectivity index (χ2v) is 14.8. The summed E-state index contributed by atoms with van der Waals surface area (Å²) in [7, 11) is 0. The highest BCUT2D eigenvalue weighted by Gasteiger charge is 2.19. The van der Waals surface area contributed by atoms with Crippen molar-refractivity contribution in [3.8, 4) is 16.8 Å². The van der Waals surface area contributed by atoms with Crippen LogP contribution in [-0.2, 0) is 0 Å². The van der Waals surface area contributed by atoms with Crippen molar-refractivity contribution in [3.63, 3.8) is 0 Å². The van der Waals surface area contributed by atoms with E-state index in [1.807, 2.05) is 11.3 Å². The van der Waals surface area contributed by atoms with Crippen LogP contribution in [0.1, 0.15) is 0 Å². The standard InChI is InChI=1S/C50H32N2S/c1-2-14-37(15-3-1)52-47-31-36(24-28-42(47)44-29-23-35-12-5-7-17-41(35)50(44)52)33-21-25-38(26-22-33)51(46-19-10-13-34-11-4-6-16-40(34)46)39-27-30-49-45(32-39)43-18-8-9-20-48(43)53-49/h1-32H. The average Bonchev–Trinajstić information content (AvgIpc) is 3.77. The second-order valence-electron chi connectivity index (χ2n) is 13.7.